The monoisotopic (exact) mass is 334 g/mol. The third-order valence-corrected chi connectivity index (χ3v) is 3.19. The number of oxazole rings is 1. The Hall–Kier alpha value is -2.08. The first-order valence-corrected chi connectivity index (χ1v) is 6.89. The number of benzene rings is 1. The molecule has 3 aromatic rings. The molecule has 0 atom stereocenters. The fourth-order valence-corrected chi connectivity index (χ4v) is 2.14. The van der Waals surface area contributed by atoms with Crippen molar-refractivity contribution < 1.29 is 13.6 Å². The molecule has 0 saturated carbocycles. The average Bonchev–Trinajstić information content (AvgIpc) is 3.04. The molecular weight excluding hydrogens is 324 g/mol. The zero-order chi connectivity index (χ0) is 13.9. The lowest BCUT2D eigenvalue weighted by Crippen LogP contribution is -2.25. The molecule has 0 spiro atoms. The molecule has 1 N–H and O–H groups in total. The van der Waals surface area contributed by atoms with Crippen LogP contribution in [0.4, 0.5) is 0 Å². The number of rotatable bonds is 4. The molecule has 1 aromatic carbocycles. The number of halogens is 1. The Morgan fingerprint density at radius 3 is 2.80 bits per heavy atom. The summed E-state index contributed by atoms with van der Waals surface area (Å²) in [5, 5.41) is 2.75. The van der Waals surface area contributed by atoms with Crippen LogP contribution in [0.5, 0.6) is 0 Å². The molecule has 2 heterocycles. The van der Waals surface area contributed by atoms with Crippen molar-refractivity contribution in [1.29, 1.82) is 0 Å². The van der Waals surface area contributed by atoms with Crippen molar-refractivity contribution in [2.45, 2.75) is 6.42 Å². The highest BCUT2D eigenvalue weighted by Gasteiger charge is 2.10. The predicted octanol–water partition coefficient (Wildman–Crippen LogP) is 3.16. The second-order valence-electron chi connectivity index (χ2n) is 4.18. The molecule has 2 aromatic heterocycles. The van der Waals surface area contributed by atoms with Crippen molar-refractivity contribution in [3.05, 3.63) is 52.7 Å². The summed E-state index contributed by atoms with van der Waals surface area (Å²) in [6, 6.07) is 10.8. The lowest BCUT2D eigenvalue weighted by molar-refractivity contribution is 0.0924. The van der Waals surface area contributed by atoms with Crippen LogP contribution in [0.1, 0.15) is 16.4 Å². The molecule has 0 aliphatic carbocycles. The third kappa shape index (κ3) is 2.75. The van der Waals surface area contributed by atoms with Gasteiger partial charge in [-0.15, -0.1) is 0 Å². The smallest absolute Gasteiger partial charge is 0.287 e. The predicted molar refractivity (Wildman–Crippen MR) is 76.5 cm³/mol. The maximum atomic E-state index is 11.7. The van der Waals surface area contributed by atoms with Gasteiger partial charge >= 0.3 is 0 Å². The summed E-state index contributed by atoms with van der Waals surface area (Å²) in [4.78, 5) is 16.1. The minimum atomic E-state index is -0.258. The highest BCUT2D eigenvalue weighted by Crippen LogP contribution is 2.15. The first-order valence-electron chi connectivity index (χ1n) is 6.10. The number of nitrogens with one attached hydrogen (secondary N) is 1. The molecule has 0 radical (unpaired) electrons. The number of aromatic nitrogens is 1. The summed E-state index contributed by atoms with van der Waals surface area (Å²) < 4.78 is 11.3. The third-order valence-electron chi connectivity index (χ3n) is 2.76. The second-order valence-corrected chi connectivity index (χ2v) is 4.97. The Labute approximate surface area is 123 Å². The zero-order valence-corrected chi connectivity index (χ0v) is 12.0. The highest BCUT2D eigenvalue weighted by atomic mass is 79.9. The highest BCUT2D eigenvalue weighted by molar-refractivity contribution is 9.10. The Morgan fingerprint density at radius 1 is 1.20 bits per heavy atom. The van der Waals surface area contributed by atoms with Gasteiger partial charge < -0.3 is 14.2 Å². The fraction of sp³-hybridized carbons (Fsp3) is 0.143. The van der Waals surface area contributed by atoms with Crippen LogP contribution in [-0.2, 0) is 6.42 Å². The lowest BCUT2D eigenvalue weighted by Gasteiger charge is -2.00. The largest absolute Gasteiger partial charge is 0.444 e. The molecule has 20 heavy (non-hydrogen) atoms. The summed E-state index contributed by atoms with van der Waals surface area (Å²) in [7, 11) is 0. The molecule has 0 bridgehead atoms. The topological polar surface area (TPSA) is 68.3 Å². The molecule has 1 amide bonds. The molecule has 0 unspecified atom stereocenters. The molecule has 102 valence electrons. The number of amides is 1. The first kappa shape index (κ1) is 12.9. The van der Waals surface area contributed by atoms with Gasteiger partial charge in [0.15, 0.2) is 21.9 Å². The van der Waals surface area contributed by atoms with Gasteiger partial charge in [-0.25, -0.2) is 4.98 Å². The van der Waals surface area contributed by atoms with Crippen LogP contribution in [-0.4, -0.2) is 17.4 Å². The standard InChI is InChI=1S/C14H11BrN2O3/c15-12-6-5-11(19-12)14(18)16-8-7-13-17-9-3-1-2-4-10(9)20-13/h1-6H,7-8H2,(H,16,18). The van der Waals surface area contributed by atoms with Gasteiger partial charge in [-0.2, -0.15) is 0 Å². The van der Waals surface area contributed by atoms with E-state index in [4.69, 9.17) is 8.83 Å². The fourth-order valence-electron chi connectivity index (χ4n) is 1.83. The number of hydrogen-bond donors (Lipinski definition) is 1. The van der Waals surface area contributed by atoms with E-state index in [1.165, 1.54) is 0 Å². The van der Waals surface area contributed by atoms with Crippen LogP contribution < -0.4 is 5.32 Å². The summed E-state index contributed by atoms with van der Waals surface area (Å²) in [5.41, 5.74) is 1.58. The van der Waals surface area contributed by atoms with Crippen molar-refractivity contribution in [1.82, 2.24) is 10.3 Å². The molecule has 3 rings (SSSR count). The van der Waals surface area contributed by atoms with E-state index in [1.807, 2.05) is 24.3 Å². The maximum Gasteiger partial charge on any atom is 0.287 e. The molecular formula is C14H11BrN2O3. The van der Waals surface area contributed by atoms with Crippen LogP contribution in [0.25, 0.3) is 11.1 Å². The van der Waals surface area contributed by atoms with E-state index in [0.717, 1.165) is 11.1 Å². The first-order chi connectivity index (χ1) is 9.72. The van der Waals surface area contributed by atoms with E-state index in [-0.39, 0.29) is 11.7 Å². The van der Waals surface area contributed by atoms with Crippen LogP contribution in [0.2, 0.25) is 0 Å². The second kappa shape index (κ2) is 5.50. The molecule has 0 fully saturated rings. The van der Waals surface area contributed by atoms with E-state index in [1.54, 1.807) is 12.1 Å². The minimum absolute atomic E-state index is 0.258. The van der Waals surface area contributed by atoms with Crippen molar-refractivity contribution in [2.75, 3.05) is 6.54 Å². The molecule has 5 nitrogen and oxygen atoms in total. The SMILES string of the molecule is O=C(NCCc1nc2ccccc2o1)c1ccc(Br)o1. The van der Waals surface area contributed by atoms with Crippen molar-refractivity contribution in [3.8, 4) is 0 Å². The molecule has 6 heteroatoms. The van der Waals surface area contributed by atoms with Crippen molar-refractivity contribution in [2.24, 2.45) is 0 Å². The van der Waals surface area contributed by atoms with Crippen LogP contribution >= 0.6 is 15.9 Å². The van der Waals surface area contributed by atoms with Crippen molar-refractivity contribution in [3.63, 3.8) is 0 Å². The summed E-state index contributed by atoms with van der Waals surface area (Å²) in [6.07, 6.45) is 0.530. The van der Waals surface area contributed by atoms with E-state index in [9.17, 15) is 4.79 Å². The molecule has 0 aliphatic heterocycles. The van der Waals surface area contributed by atoms with E-state index in [0.29, 0.717) is 23.5 Å². The number of carbonyl (C=O) groups excluding carboxylic acids is 1. The maximum absolute atomic E-state index is 11.7. The summed E-state index contributed by atoms with van der Waals surface area (Å²) in [6.45, 7) is 0.434. The van der Waals surface area contributed by atoms with Gasteiger partial charge in [-0.05, 0) is 40.2 Å². The van der Waals surface area contributed by atoms with Crippen LogP contribution in [0, 0.1) is 0 Å². The van der Waals surface area contributed by atoms with E-state index >= 15 is 0 Å². The number of fused-ring (bicyclic) bond motifs is 1. The van der Waals surface area contributed by atoms with Crippen LogP contribution in [0.15, 0.2) is 49.9 Å². The van der Waals surface area contributed by atoms with Gasteiger partial charge in [0.05, 0.1) is 0 Å². The van der Waals surface area contributed by atoms with Crippen molar-refractivity contribution >= 4 is 32.9 Å². The quantitative estimate of drug-likeness (QED) is 0.795. The van der Waals surface area contributed by atoms with Gasteiger partial charge in [0.25, 0.3) is 5.91 Å². The Balaban J connectivity index is 1.58. The number of furan rings is 1. The number of hydrogen-bond acceptors (Lipinski definition) is 4. The minimum Gasteiger partial charge on any atom is -0.444 e. The summed E-state index contributed by atoms with van der Waals surface area (Å²) in [5.74, 6) is 0.619. The Morgan fingerprint density at radius 2 is 2.05 bits per heavy atom. The number of para-hydroxylation sites is 2. The Bertz CT molecular complexity index is 715. The average molecular weight is 335 g/mol. The molecule has 0 aliphatic rings. The van der Waals surface area contributed by atoms with E-state index in [2.05, 4.69) is 26.2 Å². The number of nitrogens with zero attached hydrogens (tertiary/aromatic N) is 1. The van der Waals surface area contributed by atoms with Gasteiger partial charge in [-0.3, -0.25) is 4.79 Å². The van der Waals surface area contributed by atoms with Gasteiger partial charge in [-0.1, -0.05) is 12.1 Å². The molecule has 0 saturated heterocycles. The normalized spacial score (nSPS) is 10.8. The van der Waals surface area contributed by atoms with Gasteiger partial charge in [0.1, 0.15) is 5.52 Å². The summed E-state index contributed by atoms with van der Waals surface area (Å²) >= 11 is 3.15. The lowest BCUT2D eigenvalue weighted by atomic mass is 10.3. The van der Waals surface area contributed by atoms with Gasteiger partial charge in [0.2, 0.25) is 0 Å². The van der Waals surface area contributed by atoms with Crippen LogP contribution in [0.3, 0.4) is 0 Å². The number of carbonyl (C=O) groups is 1. The van der Waals surface area contributed by atoms with E-state index < -0.39 is 0 Å². The Kier molecular flexibility index (Phi) is 3.56. The zero-order valence-electron chi connectivity index (χ0n) is 10.4. The van der Waals surface area contributed by atoms with Gasteiger partial charge in [0, 0.05) is 13.0 Å².